The number of aryl methyl sites for hydroxylation is 1. The number of benzene rings is 1. The molecule has 3 atom stereocenters. The van der Waals surface area contributed by atoms with Crippen LogP contribution in [0.3, 0.4) is 0 Å². The molecule has 0 bridgehead atoms. The van der Waals surface area contributed by atoms with Crippen LogP contribution in [0.1, 0.15) is 49.1 Å². The Morgan fingerprint density at radius 1 is 1.29 bits per heavy atom. The number of amides is 1. The van der Waals surface area contributed by atoms with Gasteiger partial charge in [0.05, 0.1) is 12.3 Å². The van der Waals surface area contributed by atoms with Gasteiger partial charge in [-0.25, -0.2) is 4.98 Å². The van der Waals surface area contributed by atoms with Gasteiger partial charge in [-0.1, -0.05) is 24.9 Å². The number of halogens is 1. The second kappa shape index (κ2) is 7.65. The third kappa shape index (κ3) is 3.57. The minimum Gasteiger partial charge on any atom is -0.310 e. The molecule has 31 heavy (non-hydrogen) atoms. The lowest BCUT2D eigenvalue weighted by molar-refractivity contribution is -0.117. The fourth-order valence-corrected chi connectivity index (χ4v) is 5.38. The zero-order chi connectivity index (χ0) is 21.7. The summed E-state index contributed by atoms with van der Waals surface area (Å²) in [5, 5.41) is 19.0. The maximum atomic E-state index is 13.0. The molecule has 2 saturated carbocycles. The van der Waals surface area contributed by atoms with E-state index in [1.165, 1.54) is 0 Å². The van der Waals surface area contributed by atoms with Crippen LogP contribution in [0.25, 0.3) is 10.8 Å². The summed E-state index contributed by atoms with van der Waals surface area (Å²) in [6, 6.07) is 8.25. The molecule has 0 spiro atoms. The van der Waals surface area contributed by atoms with Crippen LogP contribution >= 0.6 is 11.6 Å². The van der Waals surface area contributed by atoms with Gasteiger partial charge in [-0.2, -0.15) is 10.4 Å². The highest BCUT2D eigenvalue weighted by Crippen LogP contribution is 2.56. The molecule has 2 aromatic heterocycles. The number of hydrogen-bond donors (Lipinski definition) is 1. The molecular weight excluding hydrogens is 410 g/mol. The van der Waals surface area contributed by atoms with Crippen molar-refractivity contribution in [2.75, 3.05) is 5.32 Å². The number of pyridine rings is 1. The number of aromatic nitrogens is 3. The minimum atomic E-state index is -0.0506. The fraction of sp³-hybridized carbons (Fsp3) is 0.417. The predicted octanol–water partition coefficient (Wildman–Crippen LogP) is 5.02. The number of nitrogens with one attached hydrogen (secondary N) is 1. The fourth-order valence-electron chi connectivity index (χ4n) is 5.06. The van der Waals surface area contributed by atoms with Crippen molar-refractivity contribution in [3.63, 3.8) is 0 Å². The second-order valence-corrected chi connectivity index (χ2v) is 9.25. The molecule has 3 aromatic rings. The van der Waals surface area contributed by atoms with E-state index in [-0.39, 0.29) is 23.7 Å². The summed E-state index contributed by atoms with van der Waals surface area (Å²) in [5.74, 6) is 1.52. The van der Waals surface area contributed by atoms with Crippen LogP contribution in [-0.2, 0) is 11.8 Å². The summed E-state index contributed by atoms with van der Waals surface area (Å²) in [7, 11) is 1.89. The van der Waals surface area contributed by atoms with Gasteiger partial charge in [-0.15, -0.1) is 0 Å². The van der Waals surface area contributed by atoms with Crippen LogP contribution in [0.15, 0.2) is 36.8 Å². The molecule has 2 heterocycles. The van der Waals surface area contributed by atoms with Crippen molar-refractivity contribution in [1.29, 1.82) is 5.26 Å². The number of nitriles is 1. The molecule has 1 amide bonds. The van der Waals surface area contributed by atoms with E-state index in [1.54, 1.807) is 10.9 Å². The molecule has 0 saturated heterocycles. The van der Waals surface area contributed by atoms with E-state index in [1.807, 2.05) is 31.6 Å². The molecule has 2 aliphatic rings. The molecule has 0 radical (unpaired) electrons. The van der Waals surface area contributed by atoms with Crippen molar-refractivity contribution in [2.45, 2.75) is 38.0 Å². The van der Waals surface area contributed by atoms with Crippen LogP contribution < -0.4 is 5.32 Å². The minimum absolute atomic E-state index is 0.0117. The van der Waals surface area contributed by atoms with Gasteiger partial charge in [0.2, 0.25) is 5.91 Å². The Labute approximate surface area is 186 Å². The van der Waals surface area contributed by atoms with Crippen molar-refractivity contribution in [2.24, 2.45) is 24.8 Å². The summed E-state index contributed by atoms with van der Waals surface area (Å²) in [5.41, 5.74) is 2.20. The number of carbonyl (C=O) groups excluding carboxylic acids is 1. The maximum absolute atomic E-state index is 13.0. The zero-order valence-electron chi connectivity index (χ0n) is 17.5. The molecule has 0 aliphatic heterocycles. The first-order valence-corrected chi connectivity index (χ1v) is 11.1. The standard InChI is InChI=1S/C24H24ClN5O/c1-3-18-22(17-11-28-30(2)12-17)23(18)24(31)29-21-8-14-6-19(15-4-13(5-15)9-26)20(25)7-16(14)10-27-21/h6-8,10-13,15,18,22-23H,3-5H2,1-2H3,(H,27,29,31)/t13-,15-,18-,22+,23+/m1/s1. The lowest BCUT2D eigenvalue weighted by Crippen LogP contribution is -2.20. The first kappa shape index (κ1) is 20.0. The van der Waals surface area contributed by atoms with Gasteiger partial charge in [-0.05, 0) is 59.4 Å². The highest BCUT2D eigenvalue weighted by molar-refractivity contribution is 6.32. The van der Waals surface area contributed by atoms with Crippen LogP contribution in [0, 0.1) is 29.1 Å². The second-order valence-electron chi connectivity index (χ2n) is 8.85. The molecule has 1 aromatic carbocycles. The molecule has 158 valence electrons. The number of fused-ring (bicyclic) bond motifs is 1. The highest BCUT2D eigenvalue weighted by atomic mass is 35.5. The summed E-state index contributed by atoms with van der Waals surface area (Å²) >= 11 is 6.50. The van der Waals surface area contributed by atoms with Gasteiger partial charge < -0.3 is 5.32 Å². The van der Waals surface area contributed by atoms with Crippen LogP contribution in [0.5, 0.6) is 0 Å². The molecule has 2 aliphatic carbocycles. The van der Waals surface area contributed by atoms with Gasteiger partial charge in [-0.3, -0.25) is 9.48 Å². The van der Waals surface area contributed by atoms with Crippen LogP contribution in [-0.4, -0.2) is 20.7 Å². The number of nitrogens with zero attached hydrogens (tertiary/aromatic N) is 4. The molecule has 0 unspecified atom stereocenters. The number of anilines is 1. The molecule has 2 fully saturated rings. The van der Waals surface area contributed by atoms with E-state index < -0.39 is 0 Å². The summed E-state index contributed by atoms with van der Waals surface area (Å²) < 4.78 is 1.78. The van der Waals surface area contributed by atoms with E-state index in [9.17, 15) is 4.79 Å². The normalized spacial score (nSPS) is 26.8. The van der Waals surface area contributed by atoms with E-state index in [0.29, 0.717) is 17.7 Å². The highest BCUT2D eigenvalue weighted by Gasteiger charge is 2.54. The Balaban J connectivity index is 1.35. The van der Waals surface area contributed by atoms with E-state index >= 15 is 0 Å². The Morgan fingerprint density at radius 3 is 2.77 bits per heavy atom. The van der Waals surface area contributed by atoms with Crippen molar-refractivity contribution < 1.29 is 4.79 Å². The predicted molar refractivity (Wildman–Crippen MR) is 120 cm³/mol. The van der Waals surface area contributed by atoms with Crippen molar-refractivity contribution in [3.05, 3.63) is 52.9 Å². The Kier molecular flexibility index (Phi) is 4.94. The average Bonchev–Trinajstić information content (AvgIpc) is 3.31. The van der Waals surface area contributed by atoms with Crippen molar-refractivity contribution in [1.82, 2.24) is 14.8 Å². The first-order valence-electron chi connectivity index (χ1n) is 10.8. The number of carbonyl (C=O) groups is 1. The molecule has 7 heteroatoms. The molecular formula is C24H24ClN5O. The summed E-state index contributed by atoms with van der Waals surface area (Å²) in [6.07, 6.45) is 8.27. The smallest absolute Gasteiger partial charge is 0.229 e. The zero-order valence-corrected chi connectivity index (χ0v) is 18.3. The SMILES string of the molecule is CC[C@H]1[C@H](C(=O)Nc2cc3cc([C@H]4C[C@H](C#N)C4)c(Cl)cc3cn2)[C@H]1c1cnn(C)c1. The van der Waals surface area contributed by atoms with Crippen molar-refractivity contribution >= 4 is 34.1 Å². The number of rotatable bonds is 5. The van der Waals surface area contributed by atoms with Crippen molar-refractivity contribution in [3.8, 4) is 6.07 Å². The lowest BCUT2D eigenvalue weighted by atomic mass is 9.72. The Hall–Kier alpha value is -2.91. The number of hydrogen-bond acceptors (Lipinski definition) is 4. The van der Waals surface area contributed by atoms with Gasteiger partial charge in [0, 0.05) is 47.6 Å². The Bertz CT molecular complexity index is 1210. The van der Waals surface area contributed by atoms with Gasteiger partial charge in [0.1, 0.15) is 5.82 Å². The summed E-state index contributed by atoms with van der Waals surface area (Å²) in [4.78, 5) is 17.4. The van der Waals surface area contributed by atoms with E-state index in [0.717, 1.165) is 46.2 Å². The van der Waals surface area contributed by atoms with Gasteiger partial charge in [0.15, 0.2) is 0 Å². The topological polar surface area (TPSA) is 83.6 Å². The maximum Gasteiger partial charge on any atom is 0.229 e. The summed E-state index contributed by atoms with van der Waals surface area (Å²) in [6.45, 7) is 2.12. The lowest BCUT2D eigenvalue weighted by Gasteiger charge is -2.31. The third-order valence-electron chi connectivity index (χ3n) is 6.90. The van der Waals surface area contributed by atoms with E-state index in [4.69, 9.17) is 16.9 Å². The van der Waals surface area contributed by atoms with Gasteiger partial charge >= 0.3 is 0 Å². The quantitative estimate of drug-likeness (QED) is 0.612. The van der Waals surface area contributed by atoms with E-state index in [2.05, 4.69) is 34.5 Å². The largest absolute Gasteiger partial charge is 0.310 e. The molecule has 1 N–H and O–H groups in total. The monoisotopic (exact) mass is 433 g/mol. The molecule has 6 nitrogen and oxygen atoms in total. The average molecular weight is 434 g/mol. The Morgan fingerprint density at radius 2 is 2.10 bits per heavy atom. The van der Waals surface area contributed by atoms with Gasteiger partial charge in [0.25, 0.3) is 0 Å². The molecule has 5 rings (SSSR count). The van der Waals surface area contributed by atoms with Crippen LogP contribution in [0.2, 0.25) is 5.02 Å². The third-order valence-corrected chi connectivity index (χ3v) is 7.23. The first-order chi connectivity index (χ1) is 15.0. The van der Waals surface area contributed by atoms with Crippen LogP contribution in [0.4, 0.5) is 5.82 Å².